The molecule has 2 aromatic rings. The quantitative estimate of drug-likeness (QED) is 0.737. The number of carbonyl (C=O) groups excluding carboxylic acids is 4. The average Bonchev–Trinajstić information content (AvgIpc) is 3.48. The lowest BCUT2D eigenvalue weighted by atomic mass is 10.0. The van der Waals surface area contributed by atoms with E-state index in [4.69, 9.17) is 0 Å². The van der Waals surface area contributed by atoms with E-state index in [1.807, 2.05) is 10.8 Å². The van der Waals surface area contributed by atoms with Crippen LogP contribution in [0.1, 0.15) is 32.2 Å². The van der Waals surface area contributed by atoms with Gasteiger partial charge in [0, 0.05) is 19.6 Å². The molecule has 10 heteroatoms. The van der Waals surface area contributed by atoms with E-state index in [1.165, 1.54) is 27.6 Å². The van der Waals surface area contributed by atoms with Crippen LogP contribution >= 0.6 is 22.7 Å². The number of nitrogens with one attached hydrogen (secondary N) is 2. The molecule has 4 amide bonds. The Morgan fingerprint density at radius 1 is 1.03 bits per heavy atom. The van der Waals surface area contributed by atoms with Crippen molar-refractivity contribution in [1.82, 2.24) is 20.4 Å². The smallest absolute Gasteiger partial charge is 0.264 e. The second-order valence-electron chi connectivity index (χ2n) is 7.21. The van der Waals surface area contributed by atoms with Crippen LogP contribution in [0.25, 0.3) is 0 Å². The van der Waals surface area contributed by atoms with E-state index >= 15 is 0 Å². The molecular weight excluding hydrogens is 424 g/mol. The zero-order valence-corrected chi connectivity index (χ0v) is 17.8. The molecule has 158 valence electrons. The summed E-state index contributed by atoms with van der Waals surface area (Å²) in [6.45, 7) is 1.29. The number of carbonyl (C=O) groups is 4. The molecule has 2 aliphatic rings. The van der Waals surface area contributed by atoms with E-state index in [0.717, 1.165) is 6.42 Å². The van der Waals surface area contributed by atoms with Gasteiger partial charge in [-0.1, -0.05) is 12.1 Å². The fraction of sp³-hybridized carbons (Fsp3) is 0.400. The number of hydrogen-bond donors (Lipinski definition) is 2. The SMILES string of the molecule is O=C(N[C@@H]1CCCNC1=O)[C@H]1CN(C(=O)c2cccs2)CCN1C(=O)c1cccs1. The van der Waals surface area contributed by atoms with Crippen molar-refractivity contribution in [2.75, 3.05) is 26.2 Å². The van der Waals surface area contributed by atoms with Crippen molar-refractivity contribution in [3.05, 3.63) is 44.8 Å². The Morgan fingerprint density at radius 2 is 1.73 bits per heavy atom. The van der Waals surface area contributed by atoms with E-state index in [1.54, 1.807) is 29.2 Å². The van der Waals surface area contributed by atoms with Crippen molar-refractivity contribution in [2.45, 2.75) is 24.9 Å². The van der Waals surface area contributed by atoms with Crippen molar-refractivity contribution < 1.29 is 19.2 Å². The third kappa shape index (κ3) is 4.24. The van der Waals surface area contributed by atoms with E-state index in [2.05, 4.69) is 10.6 Å². The fourth-order valence-electron chi connectivity index (χ4n) is 3.71. The minimum atomic E-state index is -0.855. The summed E-state index contributed by atoms with van der Waals surface area (Å²) < 4.78 is 0. The Labute approximate surface area is 181 Å². The van der Waals surface area contributed by atoms with Crippen molar-refractivity contribution in [1.29, 1.82) is 0 Å². The second kappa shape index (κ2) is 8.97. The van der Waals surface area contributed by atoms with Gasteiger partial charge in [0.1, 0.15) is 12.1 Å². The van der Waals surface area contributed by atoms with Gasteiger partial charge in [-0.15, -0.1) is 22.7 Å². The molecule has 0 bridgehead atoms. The van der Waals surface area contributed by atoms with Gasteiger partial charge in [0.2, 0.25) is 11.8 Å². The van der Waals surface area contributed by atoms with Gasteiger partial charge in [0.05, 0.1) is 16.3 Å². The zero-order valence-electron chi connectivity index (χ0n) is 16.2. The maximum Gasteiger partial charge on any atom is 0.264 e. The average molecular weight is 447 g/mol. The molecular formula is C20H22N4O4S2. The third-order valence-corrected chi connectivity index (χ3v) is 7.01. The van der Waals surface area contributed by atoms with Crippen LogP contribution in [0, 0.1) is 0 Å². The highest BCUT2D eigenvalue weighted by molar-refractivity contribution is 7.12. The molecule has 30 heavy (non-hydrogen) atoms. The number of piperidine rings is 1. The molecule has 0 saturated carbocycles. The Bertz CT molecular complexity index is 929. The first-order valence-electron chi connectivity index (χ1n) is 9.80. The molecule has 2 saturated heterocycles. The molecule has 8 nitrogen and oxygen atoms in total. The van der Waals surface area contributed by atoms with Crippen LogP contribution in [0.3, 0.4) is 0 Å². The molecule has 2 N–H and O–H groups in total. The molecule has 2 atom stereocenters. The van der Waals surface area contributed by atoms with Gasteiger partial charge in [-0.3, -0.25) is 19.2 Å². The Balaban J connectivity index is 1.54. The highest BCUT2D eigenvalue weighted by atomic mass is 32.1. The van der Waals surface area contributed by atoms with Crippen LogP contribution in [0.2, 0.25) is 0 Å². The molecule has 2 fully saturated rings. The standard InChI is InChI=1S/C20H22N4O4S2/c25-17-13(4-1-7-21-17)22-18(26)14-12-23(19(27)15-5-2-10-29-15)8-9-24(14)20(28)16-6-3-11-30-16/h2-3,5-6,10-11,13-14H,1,4,7-9,12H2,(H,21,25)(H,22,26)/t13-,14-/m1/s1. The lowest BCUT2D eigenvalue weighted by Crippen LogP contribution is -2.63. The Hall–Kier alpha value is -2.72. The van der Waals surface area contributed by atoms with Gasteiger partial charge >= 0.3 is 0 Å². The van der Waals surface area contributed by atoms with Gasteiger partial charge in [-0.05, 0) is 35.7 Å². The lowest BCUT2D eigenvalue weighted by molar-refractivity contribution is -0.133. The third-order valence-electron chi connectivity index (χ3n) is 5.30. The van der Waals surface area contributed by atoms with E-state index in [-0.39, 0.29) is 30.8 Å². The van der Waals surface area contributed by atoms with Crippen molar-refractivity contribution in [3.63, 3.8) is 0 Å². The van der Waals surface area contributed by atoms with Gasteiger partial charge in [0.25, 0.3) is 11.8 Å². The Morgan fingerprint density at radius 3 is 2.37 bits per heavy atom. The largest absolute Gasteiger partial charge is 0.354 e. The second-order valence-corrected chi connectivity index (χ2v) is 9.11. The molecule has 0 spiro atoms. The number of thiophene rings is 2. The number of nitrogens with zero attached hydrogens (tertiary/aromatic N) is 2. The molecule has 2 aromatic heterocycles. The molecule has 0 unspecified atom stereocenters. The van der Waals surface area contributed by atoms with E-state index < -0.39 is 18.0 Å². The summed E-state index contributed by atoms with van der Waals surface area (Å²) in [5.74, 6) is -1.01. The fourth-order valence-corrected chi connectivity index (χ4v) is 5.08. The topological polar surface area (TPSA) is 98.8 Å². The summed E-state index contributed by atoms with van der Waals surface area (Å²) in [6, 6.07) is 5.59. The number of rotatable bonds is 4. The van der Waals surface area contributed by atoms with E-state index in [9.17, 15) is 19.2 Å². The molecule has 2 aliphatic heterocycles. The highest BCUT2D eigenvalue weighted by Gasteiger charge is 2.39. The van der Waals surface area contributed by atoms with Crippen LogP contribution in [0.4, 0.5) is 0 Å². The summed E-state index contributed by atoms with van der Waals surface area (Å²) >= 11 is 2.66. The first-order valence-corrected chi connectivity index (χ1v) is 11.6. The zero-order chi connectivity index (χ0) is 21.1. The van der Waals surface area contributed by atoms with Crippen molar-refractivity contribution >= 4 is 46.3 Å². The summed E-state index contributed by atoms with van der Waals surface area (Å²) in [6.07, 6.45) is 1.34. The molecule has 4 heterocycles. The van der Waals surface area contributed by atoms with Crippen LogP contribution in [-0.4, -0.2) is 71.7 Å². The number of piperazine rings is 1. The van der Waals surface area contributed by atoms with Crippen LogP contribution < -0.4 is 10.6 Å². The predicted octanol–water partition coefficient (Wildman–Crippen LogP) is 1.17. The normalized spacial score (nSPS) is 21.8. The van der Waals surface area contributed by atoms with Crippen molar-refractivity contribution in [3.8, 4) is 0 Å². The van der Waals surface area contributed by atoms with Crippen molar-refractivity contribution in [2.24, 2.45) is 0 Å². The highest BCUT2D eigenvalue weighted by Crippen LogP contribution is 2.21. The van der Waals surface area contributed by atoms with Gasteiger partial charge in [-0.2, -0.15) is 0 Å². The Kier molecular flexibility index (Phi) is 6.14. The van der Waals surface area contributed by atoms with Gasteiger partial charge in [0.15, 0.2) is 0 Å². The maximum atomic E-state index is 13.1. The molecule has 0 radical (unpaired) electrons. The molecule has 0 aliphatic carbocycles. The summed E-state index contributed by atoms with van der Waals surface area (Å²) in [4.78, 5) is 55.3. The minimum Gasteiger partial charge on any atom is -0.354 e. The van der Waals surface area contributed by atoms with Gasteiger partial charge in [-0.25, -0.2) is 0 Å². The molecule has 0 aromatic carbocycles. The maximum absolute atomic E-state index is 13.1. The summed E-state index contributed by atoms with van der Waals surface area (Å²) in [5.41, 5.74) is 0. The predicted molar refractivity (Wildman–Crippen MR) is 114 cm³/mol. The molecule has 4 rings (SSSR count). The van der Waals surface area contributed by atoms with Crippen LogP contribution in [0.15, 0.2) is 35.0 Å². The lowest BCUT2D eigenvalue weighted by Gasteiger charge is -2.40. The minimum absolute atomic E-state index is 0.0913. The van der Waals surface area contributed by atoms with E-state index in [0.29, 0.717) is 29.3 Å². The first-order chi connectivity index (χ1) is 14.5. The van der Waals surface area contributed by atoms with Crippen LogP contribution in [0.5, 0.6) is 0 Å². The first kappa shape index (κ1) is 20.5. The van der Waals surface area contributed by atoms with Gasteiger partial charge < -0.3 is 20.4 Å². The monoisotopic (exact) mass is 446 g/mol. The summed E-state index contributed by atoms with van der Waals surface area (Å²) in [5, 5.41) is 9.17. The van der Waals surface area contributed by atoms with Crippen LogP contribution in [-0.2, 0) is 9.59 Å². The summed E-state index contributed by atoms with van der Waals surface area (Å²) in [7, 11) is 0. The number of amides is 4. The number of hydrogen-bond acceptors (Lipinski definition) is 6.